The number of anilines is 1. The van der Waals surface area contributed by atoms with Gasteiger partial charge >= 0.3 is 0 Å². The van der Waals surface area contributed by atoms with Crippen molar-refractivity contribution in [3.63, 3.8) is 0 Å². The van der Waals surface area contributed by atoms with Crippen molar-refractivity contribution in [3.8, 4) is 6.19 Å². The van der Waals surface area contributed by atoms with Crippen molar-refractivity contribution in [1.82, 2.24) is 20.1 Å². The van der Waals surface area contributed by atoms with Gasteiger partial charge in [0.2, 0.25) is 5.91 Å². The van der Waals surface area contributed by atoms with E-state index >= 15 is 0 Å². The Labute approximate surface area is 212 Å². The van der Waals surface area contributed by atoms with Crippen molar-refractivity contribution >= 4 is 17.5 Å². The summed E-state index contributed by atoms with van der Waals surface area (Å²) in [4.78, 5) is 35.8. The second-order valence-electron chi connectivity index (χ2n) is 10.3. The number of aromatic nitrogens is 1. The molecule has 2 aliphatic rings. The molecule has 2 unspecified atom stereocenters. The molecule has 2 aliphatic heterocycles. The maximum absolute atomic E-state index is 14.3. The average Bonchev–Trinajstić information content (AvgIpc) is 3.53. The van der Waals surface area contributed by atoms with Crippen molar-refractivity contribution < 1.29 is 14.3 Å². The van der Waals surface area contributed by atoms with Crippen LogP contribution in [0.4, 0.5) is 5.69 Å². The summed E-state index contributed by atoms with van der Waals surface area (Å²) in [5.74, 6) is -0.271. The zero-order chi connectivity index (χ0) is 25.9. The summed E-state index contributed by atoms with van der Waals surface area (Å²) in [7, 11) is 1.58. The van der Waals surface area contributed by atoms with Gasteiger partial charge in [-0.15, -0.1) is 0 Å². The minimum atomic E-state index is -0.628. The van der Waals surface area contributed by atoms with Crippen LogP contribution in [0.3, 0.4) is 0 Å². The SMILES string of the molecule is COC(C(c1cccnc1)N(C(=O)[C@H]1CCCN1C#N)c1ccc(C(C)(C)C)cc1)N1CNC(=O)C1. The topological polar surface area (TPSA) is 102 Å². The second kappa shape index (κ2) is 10.6. The molecule has 2 amide bonds. The zero-order valence-electron chi connectivity index (χ0n) is 21.3. The highest BCUT2D eigenvalue weighted by atomic mass is 16.5. The Bertz CT molecular complexity index is 1110. The third-order valence-corrected chi connectivity index (χ3v) is 6.92. The summed E-state index contributed by atoms with van der Waals surface area (Å²) in [5, 5.41) is 12.5. The first kappa shape index (κ1) is 25.6. The fraction of sp³-hybridized carbons (Fsp3) is 0.481. The standard InChI is InChI=1S/C27H34N6O3/c1-27(2,3)20-9-11-21(12-10-20)33(25(35)22-8-6-14-31(22)17-28)24(19-7-5-13-29-15-19)26(36-4)32-16-23(34)30-18-32/h5,7,9-13,15,22,24,26H,6,8,14,16,18H2,1-4H3,(H,30,34)/t22-,24?,26?/m1/s1. The van der Waals surface area contributed by atoms with Gasteiger partial charge in [-0.3, -0.25) is 24.4 Å². The molecular formula is C27H34N6O3. The lowest BCUT2D eigenvalue weighted by Crippen LogP contribution is -2.53. The van der Waals surface area contributed by atoms with Crippen molar-refractivity contribution in [3.05, 3.63) is 59.9 Å². The van der Waals surface area contributed by atoms with Crippen molar-refractivity contribution in [2.75, 3.05) is 31.8 Å². The molecule has 3 heterocycles. The van der Waals surface area contributed by atoms with Crippen LogP contribution in [0, 0.1) is 11.5 Å². The predicted molar refractivity (Wildman–Crippen MR) is 135 cm³/mol. The van der Waals surface area contributed by atoms with Gasteiger partial charge in [-0.05, 0) is 47.6 Å². The van der Waals surface area contributed by atoms with Gasteiger partial charge in [-0.1, -0.05) is 39.0 Å². The largest absolute Gasteiger partial charge is 0.364 e. The van der Waals surface area contributed by atoms with E-state index < -0.39 is 18.3 Å². The first-order valence-corrected chi connectivity index (χ1v) is 12.3. The molecule has 1 aromatic carbocycles. The van der Waals surface area contributed by atoms with E-state index in [1.165, 1.54) is 0 Å². The molecule has 9 nitrogen and oxygen atoms in total. The monoisotopic (exact) mass is 490 g/mol. The highest BCUT2D eigenvalue weighted by Gasteiger charge is 2.43. The number of methoxy groups -OCH3 is 1. The molecule has 1 N–H and O–H groups in total. The van der Waals surface area contributed by atoms with Gasteiger partial charge in [0.25, 0.3) is 5.91 Å². The van der Waals surface area contributed by atoms with Crippen LogP contribution in [0.25, 0.3) is 0 Å². The van der Waals surface area contributed by atoms with Gasteiger partial charge in [-0.25, -0.2) is 4.90 Å². The summed E-state index contributed by atoms with van der Waals surface area (Å²) in [5.41, 5.74) is 2.58. The fourth-order valence-electron chi connectivity index (χ4n) is 4.99. The molecule has 0 spiro atoms. The highest BCUT2D eigenvalue weighted by molar-refractivity contribution is 5.98. The molecule has 2 saturated heterocycles. The quantitative estimate of drug-likeness (QED) is 0.596. The van der Waals surface area contributed by atoms with Crippen LogP contribution in [0.15, 0.2) is 48.8 Å². The van der Waals surface area contributed by atoms with Crippen LogP contribution in [0.2, 0.25) is 0 Å². The number of benzene rings is 1. The number of carbonyl (C=O) groups excluding carboxylic acids is 2. The maximum atomic E-state index is 14.3. The number of amides is 2. The van der Waals surface area contributed by atoms with E-state index in [1.54, 1.807) is 29.3 Å². The van der Waals surface area contributed by atoms with Gasteiger partial charge in [0.05, 0.1) is 13.2 Å². The van der Waals surface area contributed by atoms with E-state index in [1.807, 2.05) is 41.3 Å². The Morgan fingerprint density at radius 1 is 1.28 bits per heavy atom. The number of nitrogens with one attached hydrogen (secondary N) is 1. The summed E-state index contributed by atoms with van der Waals surface area (Å²) < 4.78 is 5.98. The Hall–Kier alpha value is -3.48. The van der Waals surface area contributed by atoms with Crippen LogP contribution in [0.5, 0.6) is 0 Å². The molecule has 0 radical (unpaired) electrons. The third kappa shape index (κ3) is 5.20. The Morgan fingerprint density at radius 3 is 2.58 bits per heavy atom. The molecule has 36 heavy (non-hydrogen) atoms. The Morgan fingerprint density at radius 2 is 2.03 bits per heavy atom. The summed E-state index contributed by atoms with van der Waals surface area (Å²) in [6, 6.07) is 10.5. The van der Waals surface area contributed by atoms with Crippen molar-refractivity contribution in [2.24, 2.45) is 0 Å². The molecule has 3 atom stereocenters. The van der Waals surface area contributed by atoms with Crippen molar-refractivity contribution in [2.45, 2.75) is 57.3 Å². The number of likely N-dealkylation sites (tertiary alicyclic amines) is 1. The number of pyridine rings is 1. The molecule has 9 heteroatoms. The second-order valence-corrected chi connectivity index (χ2v) is 10.3. The average molecular weight is 491 g/mol. The summed E-state index contributed by atoms with van der Waals surface area (Å²) >= 11 is 0. The van der Waals surface area contributed by atoms with Gasteiger partial charge in [0, 0.05) is 31.7 Å². The number of hydrogen-bond acceptors (Lipinski definition) is 7. The van der Waals surface area contributed by atoms with Crippen LogP contribution in [-0.2, 0) is 19.7 Å². The molecule has 1 aromatic heterocycles. The van der Waals surface area contributed by atoms with E-state index in [9.17, 15) is 14.9 Å². The molecule has 2 aromatic rings. The smallest absolute Gasteiger partial charge is 0.251 e. The molecule has 4 rings (SSSR count). The zero-order valence-corrected chi connectivity index (χ0v) is 21.3. The van der Waals surface area contributed by atoms with E-state index in [4.69, 9.17) is 4.74 Å². The van der Waals surface area contributed by atoms with E-state index in [0.717, 1.165) is 17.5 Å². The molecule has 2 fully saturated rings. The summed E-state index contributed by atoms with van der Waals surface area (Å²) in [6.45, 7) is 7.46. The van der Waals surface area contributed by atoms with Gasteiger partial charge in [0.1, 0.15) is 18.3 Å². The van der Waals surface area contributed by atoms with Gasteiger partial charge < -0.3 is 10.1 Å². The van der Waals surface area contributed by atoms with Crippen LogP contribution >= 0.6 is 0 Å². The predicted octanol–water partition coefficient (Wildman–Crippen LogP) is 2.76. The first-order chi connectivity index (χ1) is 17.2. The Balaban J connectivity index is 1.85. The lowest BCUT2D eigenvalue weighted by atomic mass is 9.87. The summed E-state index contributed by atoms with van der Waals surface area (Å²) in [6.07, 6.45) is 6.34. The Kier molecular flexibility index (Phi) is 7.57. The minimum absolute atomic E-state index is 0.0458. The van der Waals surface area contributed by atoms with Crippen LogP contribution < -0.4 is 10.2 Å². The van der Waals surface area contributed by atoms with Crippen LogP contribution in [0.1, 0.15) is 50.8 Å². The molecular weight excluding hydrogens is 456 g/mol. The molecule has 0 saturated carbocycles. The fourth-order valence-corrected chi connectivity index (χ4v) is 4.99. The number of rotatable bonds is 7. The number of nitriles is 1. The maximum Gasteiger partial charge on any atom is 0.251 e. The number of nitrogens with zero attached hydrogens (tertiary/aromatic N) is 5. The van der Waals surface area contributed by atoms with E-state index in [2.05, 4.69) is 37.3 Å². The number of ether oxygens (including phenoxy) is 1. The number of carbonyl (C=O) groups is 2. The molecule has 0 aliphatic carbocycles. The minimum Gasteiger partial charge on any atom is -0.364 e. The van der Waals surface area contributed by atoms with Crippen LogP contribution in [-0.4, -0.2) is 65.7 Å². The van der Waals surface area contributed by atoms with E-state index in [0.29, 0.717) is 25.3 Å². The molecule has 190 valence electrons. The lowest BCUT2D eigenvalue weighted by Gasteiger charge is -2.41. The first-order valence-electron chi connectivity index (χ1n) is 12.3. The van der Waals surface area contributed by atoms with Gasteiger partial charge in [-0.2, -0.15) is 5.26 Å². The molecule has 0 bridgehead atoms. The number of hydrogen-bond donors (Lipinski definition) is 1. The van der Waals surface area contributed by atoms with Crippen molar-refractivity contribution in [1.29, 1.82) is 5.26 Å². The highest BCUT2D eigenvalue weighted by Crippen LogP contribution is 2.36. The van der Waals surface area contributed by atoms with E-state index in [-0.39, 0.29) is 23.8 Å². The third-order valence-electron chi connectivity index (χ3n) is 6.92. The van der Waals surface area contributed by atoms with Gasteiger partial charge in [0.15, 0.2) is 6.19 Å². The normalized spacial score (nSPS) is 20.0. The lowest BCUT2D eigenvalue weighted by molar-refractivity contribution is -0.125.